The molecule has 2 heterocycles. The number of Topliss-reactive ketones (excluding diaryl/α,β-unsaturated/α-hetero) is 1. The number of aliphatic hydroxyl groups is 1. The van der Waals surface area contributed by atoms with Crippen molar-refractivity contribution in [3.63, 3.8) is 0 Å². The van der Waals surface area contributed by atoms with E-state index >= 15 is 0 Å². The smallest absolute Gasteiger partial charge is 0.295 e. The van der Waals surface area contributed by atoms with E-state index < -0.39 is 17.7 Å². The molecular formula is C28H34N2O6. The summed E-state index contributed by atoms with van der Waals surface area (Å²) in [6.45, 7) is 8.32. The monoisotopic (exact) mass is 494 g/mol. The predicted octanol–water partition coefficient (Wildman–Crippen LogP) is 3.55. The molecule has 4 rings (SSSR count). The minimum Gasteiger partial charge on any atom is -0.507 e. The van der Waals surface area contributed by atoms with Crippen LogP contribution in [0, 0.1) is 6.92 Å². The van der Waals surface area contributed by atoms with Crippen LogP contribution in [0.5, 0.6) is 11.5 Å². The third-order valence-electron chi connectivity index (χ3n) is 6.66. The Morgan fingerprint density at radius 3 is 2.39 bits per heavy atom. The molecule has 0 bridgehead atoms. The van der Waals surface area contributed by atoms with Crippen LogP contribution in [0.2, 0.25) is 0 Å². The summed E-state index contributed by atoms with van der Waals surface area (Å²) >= 11 is 0. The Bertz CT molecular complexity index is 1120. The number of morpholine rings is 1. The summed E-state index contributed by atoms with van der Waals surface area (Å²) < 4.78 is 16.4. The topological polar surface area (TPSA) is 88.5 Å². The van der Waals surface area contributed by atoms with Crippen LogP contribution in [0.15, 0.2) is 48.0 Å². The summed E-state index contributed by atoms with van der Waals surface area (Å²) in [6, 6.07) is 11.9. The Balaban J connectivity index is 1.72. The number of hydrogen-bond donors (Lipinski definition) is 1. The number of methoxy groups -OCH3 is 1. The highest BCUT2D eigenvalue weighted by atomic mass is 16.5. The highest BCUT2D eigenvalue weighted by Gasteiger charge is 2.46. The van der Waals surface area contributed by atoms with Gasteiger partial charge in [-0.2, -0.15) is 0 Å². The lowest BCUT2D eigenvalue weighted by Crippen LogP contribution is -2.42. The van der Waals surface area contributed by atoms with Crippen LogP contribution < -0.4 is 9.47 Å². The minimum absolute atomic E-state index is 0.0949. The Labute approximate surface area is 212 Å². The van der Waals surface area contributed by atoms with Crippen molar-refractivity contribution in [3.8, 4) is 11.5 Å². The first-order valence-corrected chi connectivity index (χ1v) is 12.4. The summed E-state index contributed by atoms with van der Waals surface area (Å²) in [5.41, 5.74) is 2.09. The molecule has 8 heteroatoms. The zero-order valence-corrected chi connectivity index (χ0v) is 21.2. The molecule has 8 nitrogen and oxygen atoms in total. The molecule has 0 aliphatic carbocycles. The van der Waals surface area contributed by atoms with E-state index in [1.165, 1.54) is 0 Å². The summed E-state index contributed by atoms with van der Waals surface area (Å²) in [6.07, 6.45) is 0.885. The summed E-state index contributed by atoms with van der Waals surface area (Å²) in [4.78, 5) is 30.3. The SMILES string of the molecule is CCCOc1ccc(C(O)=C2C(=O)C(=O)N(CCN3CCOCC3)C2c2ccc(OC)cc2)c(C)c1. The molecule has 0 spiro atoms. The highest BCUT2D eigenvalue weighted by Crippen LogP contribution is 2.40. The molecule has 0 saturated carbocycles. The third-order valence-corrected chi connectivity index (χ3v) is 6.66. The molecule has 36 heavy (non-hydrogen) atoms. The van der Waals surface area contributed by atoms with E-state index in [-0.39, 0.29) is 11.3 Å². The number of amides is 1. The zero-order chi connectivity index (χ0) is 25.7. The average Bonchev–Trinajstić information content (AvgIpc) is 3.16. The van der Waals surface area contributed by atoms with E-state index in [0.717, 1.165) is 30.6 Å². The summed E-state index contributed by atoms with van der Waals surface area (Å²) in [5.74, 6) is -0.0964. The Kier molecular flexibility index (Phi) is 8.28. The number of likely N-dealkylation sites (tertiary alicyclic amines) is 1. The van der Waals surface area contributed by atoms with Crippen LogP contribution in [-0.4, -0.2) is 79.7 Å². The van der Waals surface area contributed by atoms with Gasteiger partial charge in [0.1, 0.15) is 17.3 Å². The second-order valence-corrected chi connectivity index (χ2v) is 9.04. The number of hydrogen-bond acceptors (Lipinski definition) is 7. The van der Waals surface area contributed by atoms with Crippen LogP contribution >= 0.6 is 0 Å². The van der Waals surface area contributed by atoms with Crippen molar-refractivity contribution < 1.29 is 28.9 Å². The third kappa shape index (κ3) is 5.39. The van der Waals surface area contributed by atoms with Gasteiger partial charge in [-0.3, -0.25) is 14.5 Å². The van der Waals surface area contributed by atoms with Crippen LogP contribution in [-0.2, 0) is 14.3 Å². The maximum Gasteiger partial charge on any atom is 0.295 e. The second-order valence-electron chi connectivity index (χ2n) is 9.04. The lowest BCUT2D eigenvalue weighted by atomic mass is 9.94. The van der Waals surface area contributed by atoms with Crippen LogP contribution in [0.25, 0.3) is 5.76 Å². The van der Waals surface area contributed by atoms with E-state index in [1.54, 1.807) is 36.3 Å². The molecule has 1 amide bonds. The summed E-state index contributed by atoms with van der Waals surface area (Å²) in [7, 11) is 1.58. The van der Waals surface area contributed by atoms with Gasteiger partial charge < -0.3 is 24.2 Å². The number of benzene rings is 2. The Morgan fingerprint density at radius 2 is 1.75 bits per heavy atom. The summed E-state index contributed by atoms with van der Waals surface area (Å²) in [5, 5.41) is 11.4. The van der Waals surface area contributed by atoms with E-state index in [1.807, 2.05) is 32.0 Å². The van der Waals surface area contributed by atoms with Crippen LogP contribution in [0.1, 0.15) is 36.1 Å². The van der Waals surface area contributed by atoms with Crippen molar-refractivity contribution in [3.05, 3.63) is 64.7 Å². The predicted molar refractivity (Wildman–Crippen MR) is 136 cm³/mol. The zero-order valence-electron chi connectivity index (χ0n) is 21.2. The molecule has 2 aromatic rings. The molecule has 2 fully saturated rings. The Morgan fingerprint density at radius 1 is 1.06 bits per heavy atom. The molecule has 1 N–H and O–H groups in total. The molecular weight excluding hydrogens is 460 g/mol. The van der Waals surface area contributed by atoms with Crippen molar-refractivity contribution >= 4 is 17.4 Å². The van der Waals surface area contributed by atoms with Gasteiger partial charge in [-0.1, -0.05) is 19.1 Å². The van der Waals surface area contributed by atoms with Crippen molar-refractivity contribution in [1.82, 2.24) is 9.80 Å². The fraction of sp³-hybridized carbons (Fsp3) is 0.429. The lowest BCUT2D eigenvalue weighted by molar-refractivity contribution is -0.140. The van der Waals surface area contributed by atoms with Gasteiger partial charge in [-0.15, -0.1) is 0 Å². The van der Waals surface area contributed by atoms with Gasteiger partial charge in [0.2, 0.25) is 0 Å². The number of aliphatic hydroxyl groups excluding tert-OH is 1. The standard InChI is InChI=1S/C28H34N2O6/c1-4-15-36-22-9-10-23(19(2)18-22)26(31)24-25(20-5-7-21(34-3)8-6-20)30(28(33)27(24)32)12-11-29-13-16-35-17-14-29/h5-10,18,25,31H,4,11-17H2,1-3H3. The first kappa shape index (κ1) is 25.7. The van der Waals surface area contributed by atoms with Gasteiger partial charge in [0.05, 0.1) is 38.5 Å². The number of nitrogens with zero attached hydrogens (tertiary/aromatic N) is 2. The number of ketones is 1. The van der Waals surface area contributed by atoms with Crippen molar-refractivity contribution in [2.45, 2.75) is 26.3 Å². The minimum atomic E-state index is -0.702. The normalized spacial score (nSPS) is 20.1. The lowest BCUT2D eigenvalue weighted by Gasteiger charge is -2.31. The van der Waals surface area contributed by atoms with Crippen LogP contribution in [0.3, 0.4) is 0 Å². The molecule has 0 aromatic heterocycles. The van der Waals surface area contributed by atoms with Gasteiger partial charge in [0.15, 0.2) is 0 Å². The van der Waals surface area contributed by atoms with E-state index in [0.29, 0.717) is 50.0 Å². The maximum atomic E-state index is 13.3. The van der Waals surface area contributed by atoms with Gasteiger partial charge in [-0.25, -0.2) is 0 Å². The number of carbonyl (C=O) groups excluding carboxylic acids is 2. The van der Waals surface area contributed by atoms with Gasteiger partial charge >= 0.3 is 0 Å². The van der Waals surface area contributed by atoms with Crippen molar-refractivity contribution in [1.29, 1.82) is 0 Å². The van der Waals surface area contributed by atoms with E-state index in [2.05, 4.69) is 4.90 Å². The van der Waals surface area contributed by atoms with Gasteiger partial charge in [-0.05, 0) is 54.8 Å². The largest absolute Gasteiger partial charge is 0.507 e. The van der Waals surface area contributed by atoms with Crippen LogP contribution in [0.4, 0.5) is 0 Å². The number of ether oxygens (including phenoxy) is 3. The van der Waals surface area contributed by atoms with E-state index in [4.69, 9.17) is 14.2 Å². The van der Waals surface area contributed by atoms with Gasteiger partial charge in [0.25, 0.3) is 11.7 Å². The molecule has 1 unspecified atom stereocenters. The molecule has 2 aromatic carbocycles. The second kappa shape index (κ2) is 11.6. The van der Waals surface area contributed by atoms with Gasteiger partial charge in [0, 0.05) is 31.7 Å². The Hall–Kier alpha value is -3.36. The molecule has 2 aliphatic heterocycles. The molecule has 2 saturated heterocycles. The highest BCUT2D eigenvalue weighted by molar-refractivity contribution is 6.46. The number of carbonyl (C=O) groups is 2. The number of rotatable bonds is 9. The molecule has 0 radical (unpaired) electrons. The average molecular weight is 495 g/mol. The van der Waals surface area contributed by atoms with Crippen molar-refractivity contribution in [2.24, 2.45) is 0 Å². The first-order chi connectivity index (χ1) is 17.4. The first-order valence-electron chi connectivity index (χ1n) is 12.4. The quantitative estimate of drug-likeness (QED) is 0.324. The van der Waals surface area contributed by atoms with Crippen molar-refractivity contribution in [2.75, 3.05) is 53.1 Å². The molecule has 192 valence electrons. The molecule has 1 atom stereocenters. The van der Waals surface area contributed by atoms with E-state index in [9.17, 15) is 14.7 Å². The fourth-order valence-corrected chi connectivity index (χ4v) is 4.67. The maximum absolute atomic E-state index is 13.3. The molecule has 2 aliphatic rings. The number of aryl methyl sites for hydroxylation is 1. The fourth-order valence-electron chi connectivity index (χ4n) is 4.67.